The molecule has 0 fully saturated rings. The Labute approximate surface area is 149 Å². The second-order valence-corrected chi connectivity index (χ2v) is 6.31. The first-order valence-corrected chi connectivity index (χ1v) is 8.29. The van der Waals surface area contributed by atoms with E-state index in [9.17, 15) is 9.59 Å². The maximum absolute atomic E-state index is 12.8. The van der Waals surface area contributed by atoms with Gasteiger partial charge < -0.3 is 10.1 Å². The summed E-state index contributed by atoms with van der Waals surface area (Å²) in [5.74, 6) is -0.829. The summed E-state index contributed by atoms with van der Waals surface area (Å²) >= 11 is 6.21. The number of benzene rings is 3. The van der Waals surface area contributed by atoms with Gasteiger partial charge in [-0.1, -0.05) is 54.1 Å². The van der Waals surface area contributed by atoms with Crippen molar-refractivity contribution in [1.29, 1.82) is 0 Å². The lowest BCUT2D eigenvalue weighted by molar-refractivity contribution is -0.137. The maximum atomic E-state index is 12.8. The number of nitrogens with one attached hydrogen (secondary N) is 1. The van der Waals surface area contributed by atoms with Gasteiger partial charge in [-0.05, 0) is 23.8 Å². The molecule has 0 aliphatic carbocycles. The van der Waals surface area contributed by atoms with E-state index in [1.54, 1.807) is 18.2 Å². The highest BCUT2D eigenvalue weighted by Gasteiger charge is 2.32. The molecule has 0 aromatic heterocycles. The average molecular weight is 352 g/mol. The van der Waals surface area contributed by atoms with E-state index in [1.165, 1.54) is 0 Å². The minimum Gasteiger partial charge on any atom is -0.425 e. The molecule has 0 saturated carbocycles. The fourth-order valence-electron chi connectivity index (χ4n) is 3.12. The van der Waals surface area contributed by atoms with Gasteiger partial charge in [-0.25, -0.2) is 0 Å². The third kappa shape index (κ3) is 2.85. The summed E-state index contributed by atoms with van der Waals surface area (Å²) in [5.41, 5.74) is 1.42. The lowest BCUT2D eigenvalue weighted by Crippen LogP contribution is -2.29. The Kier molecular flexibility index (Phi) is 3.90. The lowest BCUT2D eigenvalue weighted by Gasteiger charge is -2.24. The Morgan fingerprint density at radius 3 is 2.56 bits per heavy atom. The van der Waals surface area contributed by atoms with Crippen molar-refractivity contribution in [3.8, 4) is 5.75 Å². The second-order valence-electron chi connectivity index (χ2n) is 5.90. The summed E-state index contributed by atoms with van der Waals surface area (Å²) in [7, 11) is 0. The van der Waals surface area contributed by atoms with E-state index in [0.717, 1.165) is 16.3 Å². The van der Waals surface area contributed by atoms with E-state index in [1.807, 2.05) is 42.5 Å². The van der Waals surface area contributed by atoms with Gasteiger partial charge in [0, 0.05) is 27.9 Å². The molecule has 1 atom stereocenters. The first kappa shape index (κ1) is 15.7. The number of halogens is 1. The number of para-hydroxylation sites is 1. The molecule has 0 spiro atoms. The highest BCUT2D eigenvalue weighted by molar-refractivity contribution is 6.35. The van der Waals surface area contributed by atoms with Crippen LogP contribution in [-0.2, 0) is 9.59 Å². The van der Waals surface area contributed by atoms with Gasteiger partial charge in [-0.2, -0.15) is 0 Å². The minimum absolute atomic E-state index is 0.0708. The number of carbonyl (C=O) groups excluding carboxylic acids is 2. The summed E-state index contributed by atoms with van der Waals surface area (Å²) < 4.78 is 5.65. The number of ether oxygens (including phenoxy) is 1. The molecule has 4 nitrogen and oxygen atoms in total. The van der Waals surface area contributed by atoms with Crippen molar-refractivity contribution >= 4 is 39.9 Å². The maximum Gasteiger partial charge on any atom is 0.319 e. The number of rotatable bonds is 2. The van der Waals surface area contributed by atoms with Gasteiger partial charge in [0.1, 0.15) is 5.75 Å². The number of hydrogen-bond acceptors (Lipinski definition) is 3. The zero-order chi connectivity index (χ0) is 17.4. The lowest BCUT2D eigenvalue weighted by atomic mass is 9.90. The van der Waals surface area contributed by atoms with Crippen LogP contribution in [0.15, 0.2) is 60.7 Å². The molecule has 124 valence electrons. The van der Waals surface area contributed by atoms with Crippen molar-refractivity contribution in [2.45, 2.75) is 12.3 Å². The molecule has 1 amide bonds. The number of fused-ring (bicyclic) bond motifs is 2. The van der Waals surface area contributed by atoms with E-state index in [2.05, 4.69) is 5.32 Å². The summed E-state index contributed by atoms with van der Waals surface area (Å²) in [6.45, 7) is 0. The van der Waals surface area contributed by atoms with Crippen LogP contribution in [0.1, 0.15) is 17.9 Å². The van der Waals surface area contributed by atoms with Crippen LogP contribution in [0.2, 0.25) is 5.02 Å². The van der Waals surface area contributed by atoms with E-state index < -0.39 is 11.9 Å². The van der Waals surface area contributed by atoms with Crippen LogP contribution in [0.4, 0.5) is 5.69 Å². The van der Waals surface area contributed by atoms with Crippen molar-refractivity contribution in [3.63, 3.8) is 0 Å². The van der Waals surface area contributed by atoms with Crippen LogP contribution in [0, 0.1) is 0 Å². The standard InChI is InChI=1S/C20H14ClNO3/c21-16-9-10-18(14-7-2-1-5-12(14)16)25-20(24)15-11-19(23)22-17-8-4-3-6-13(15)17/h1-10,15H,11H2,(H,22,23). The molecule has 5 heteroatoms. The first-order valence-electron chi connectivity index (χ1n) is 7.91. The van der Waals surface area contributed by atoms with Crippen LogP contribution in [0.5, 0.6) is 5.75 Å². The summed E-state index contributed by atoms with van der Waals surface area (Å²) in [6, 6.07) is 18.1. The summed E-state index contributed by atoms with van der Waals surface area (Å²) in [4.78, 5) is 24.7. The van der Waals surface area contributed by atoms with Gasteiger partial charge in [0.15, 0.2) is 0 Å². The predicted octanol–water partition coefficient (Wildman–Crippen LogP) is 4.52. The molecule has 1 aliphatic rings. The minimum atomic E-state index is -0.626. The molecule has 3 aromatic carbocycles. The Hall–Kier alpha value is -2.85. The third-order valence-corrected chi connectivity index (χ3v) is 4.66. The third-order valence-electron chi connectivity index (χ3n) is 4.33. The number of esters is 1. The topological polar surface area (TPSA) is 55.4 Å². The summed E-state index contributed by atoms with van der Waals surface area (Å²) in [6.07, 6.45) is 0.0708. The normalized spacial score (nSPS) is 16.2. The van der Waals surface area contributed by atoms with Crippen molar-refractivity contribution in [2.75, 3.05) is 5.32 Å². The molecule has 3 aromatic rings. The number of carbonyl (C=O) groups is 2. The van der Waals surface area contributed by atoms with Gasteiger partial charge >= 0.3 is 5.97 Å². The largest absolute Gasteiger partial charge is 0.425 e. The van der Waals surface area contributed by atoms with Crippen LogP contribution in [0.3, 0.4) is 0 Å². The van der Waals surface area contributed by atoms with Crippen LogP contribution in [0.25, 0.3) is 10.8 Å². The molecule has 1 heterocycles. The molecule has 0 radical (unpaired) electrons. The average Bonchev–Trinajstić information content (AvgIpc) is 2.63. The van der Waals surface area contributed by atoms with E-state index >= 15 is 0 Å². The molecule has 1 N–H and O–H groups in total. The monoisotopic (exact) mass is 351 g/mol. The molecule has 4 rings (SSSR count). The van der Waals surface area contributed by atoms with Crippen molar-refractivity contribution < 1.29 is 14.3 Å². The Morgan fingerprint density at radius 1 is 1.00 bits per heavy atom. The fourth-order valence-corrected chi connectivity index (χ4v) is 3.35. The first-order chi connectivity index (χ1) is 12.1. The highest BCUT2D eigenvalue weighted by atomic mass is 35.5. The molecular weight excluding hydrogens is 338 g/mol. The van der Waals surface area contributed by atoms with Crippen molar-refractivity contribution in [1.82, 2.24) is 0 Å². The zero-order valence-electron chi connectivity index (χ0n) is 13.2. The molecular formula is C20H14ClNO3. The smallest absolute Gasteiger partial charge is 0.319 e. The van der Waals surface area contributed by atoms with E-state index in [-0.39, 0.29) is 12.3 Å². The molecule has 0 bridgehead atoms. The molecule has 0 saturated heterocycles. The van der Waals surface area contributed by atoms with Crippen molar-refractivity contribution in [3.05, 3.63) is 71.2 Å². The Balaban J connectivity index is 1.70. The van der Waals surface area contributed by atoms with Crippen molar-refractivity contribution in [2.24, 2.45) is 0 Å². The van der Waals surface area contributed by atoms with Crippen LogP contribution >= 0.6 is 11.6 Å². The van der Waals surface area contributed by atoms with Gasteiger partial charge in [-0.15, -0.1) is 0 Å². The van der Waals surface area contributed by atoms with Gasteiger partial charge in [-0.3, -0.25) is 9.59 Å². The second kappa shape index (κ2) is 6.22. The SMILES string of the molecule is O=C1CC(C(=O)Oc2ccc(Cl)c3ccccc23)c2ccccc2N1. The predicted molar refractivity (Wildman–Crippen MR) is 97.0 cm³/mol. The number of hydrogen-bond donors (Lipinski definition) is 1. The van der Waals surface area contributed by atoms with Gasteiger partial charge in [0.05, 0.1) is 5.92 Å². The van der Waals surface area contributed by atoms with Crippen LogP contribution < -0.4 is 10.1 Å². The van der Waals surface area contributed by atoms with E-state index in [4.69, 9.17) is 16.3 Å². The molecule has 1 unspecified atom stereocenters. The van der Waals surface area contributed by atoms with Gasteiger partial charge in [0.2, 0.25) is 5.91 Å². The number of anilines is 1. The van der Waals surface area contributed by atoms with E-state index in [0.29, 0.717) is 16.5 Å². The Morgan fingerprint density at radius 2 is 1.72 bits per heavy atom. The molecule has 25 heavy (non-hydrogen) atoms. The Bertz CT molecular complexity index is 999. The quantitative estimate of drug-likeness (QED) is 0.545. The summed E-state index contributed by atoms with van der Waals surface area (Å²) in [5, 5.41) is 4.95. The zero-order valence-corrected chi connectivity index (χ0v) is 13.9. The van der Waals surface area contributed by atoms with Gasteiger partial charge in [0.25, 0.3) is 0 Å². The number of amides is 1. The molecule has 1 aliphatic heterocycles. The highest BCUT2D eigenvalue weighted by Crippen LogP contribution is 2.35. The fraction of sp³-hybridized carbons (Fsp3) is 0.100. The van der Waals surface area contributed by atoms with Crippen LogP contribution in [-0.4, -0.2) is 11.9 Å².